The van der Waals surface area contributed by atoms with E-state index in [1.54, 1.807) is 6.92 Å². The van der Waals surface area contributed by atoms with Crippen LogP contribution in [0.5, 0.6) is 0 Å². The number of oxazole rings is 1. The first-order valence-electron chi connectivity index (χ1n) is 7.84. The van der Waals surface area contributed by atoms with E-state index in [9.17, 15) is 17.6 Å². The standard InChI is InChI=1S/C17H16ClFN2O5S/c1-10-7-12(9-15-16(10)21(5-6-25-2)17(22)26-15)27(23,24)20-11-3-4-14(19)13(18)8-11/h3-4,7-9,20H,5-6H2,1-2H3. The van der Waals surface area contributed by atoms with Crippen LogP contribution in [0.2, 0.25) is 5.02 Å². The van der Waals surface area contributed by atoms with Gasteiger partial charge in [-0.25, -0.2) is 17.6 Å². The predicted octanol–water partition coefficient (Wildman–Crippen LogP) is 3.14. The van der Waals surface area contributed by atoms with Crippen LogP contribution in [0.3, 0.4) is 0 Å². The number of nitrogens with one attached hydrogen (secondary N) is 1. The molecule has 3 aromatic rings. The minimum atomic E-state index is -4.00. The largest absolute Gasteiger partial charge is 0.420 e. The molecule has 1 aromatic heterocycles. The Hall–Kier alpha value is -2.36. The molecule has 0 unspecified atom stereocenters. The third-order valence-electron chi connectivity index (χ3n) is 3.93. The van der Waals surface area contributed by atoms with E-state index in [0.717, 1.165) is 6.07 Å². The number of aryl methyl sites for hydroxylation is 1. The van der Waals surface area contributed by atoms with Crippen LogP contribution in [0.1, 0.15) is 5.56 Å². The van der Waals surface area contributed by atoms with Crippen molar-refractivity contribution in [2.24, 2.45) is 0 Å². The van der Waals surface area contributed by atoms with Crippen molar-refractivity contribution in [2.75, 3.05) is 18.4 Å². The monoisotopic (exact) mass is 414 g/mol. The summed E-state index contributed by atoms with van der Waals surface area (Å²) in [6.45, 7) is 2.26. The van der Waals surface area contributed by atoms with E-state index in [-0.39, 0.29) is 27.7 Å². The molecule has 27 heavy (non-hydrogen) atoms. The van der Waals surface area contributed by atoms with Gasteiger partial charge in [0.1, 0.15) is 5.82 Å². The van der Waals surface area contributed by atoms with Gasteiger partial charge in [0, 0.05) is 13.2 Å². The molecule has 0 atom stereocenters. The van der Waals surface area contributed by atoms with Crippen molar-refractivity contribution in [2.45, 2.75) is 18.4 Å². The molecule has 0 amide bonds. The summed E-state index contributed by atoms with van der Waals surface area (Å²) in [6.07, 6.45) is 0. The summed E-state index contributed by atoms with van der Waals surface area (Å²) < 4.78 is 52.4. The van der Waals surface area contributed by atoms with Gasteiger partial charge in [0.15, 0.2) is 5.58 Å². The molecule has 0 aliphatic carbocycles. The zero-order valence-electron chi connectivity index (χ0n) is 14.5. The van der Waals surface area contributed by atoms with Crippen LogP contribution in [-0.4, -0.2) is 26.7 Å². The molecule has 0 aliphatic rings. The van der Waals surface area contributed by atoms with Crippen LogP contribution < -0.4 is 10.5 Å². The predicted molar refractivity (Wildman–Crippen MR) is 99.3 cm³/mol. The molecular formula is C17H16ClFN2O5S. The minimum absolute atomic E-state index is 0.0967. The van der Waals surface area contributed by atoms with Gasteiger partial charge in [0.05, 0.1) is 34.3 Å². The lowest BCUT2D eigenvalue weighted by Gasteiger charge is -2.10. The molecule has 2 aromatic carbocycles. The van der Waals surface area contributed by atoms with Gasteiger partial charge in [0.2, 0.25) is 0 Å². The number of nitrogens with zero attached hydrogens (tertiary/aromatic N) is 1. The van der Waals surface area contributed by atoms with Gasteiger partial charge >= 0.3 is 5.76 Å². The molecule has 10 heteroatoms. The lowest BCUT2D eigenvalue weighted by Crippen LogP contribution is -2.17. The third-order valence-corrected chi connectivity index (χ3v) is 5.58. The maximum Gasteiger partial charge on any atom is 0.420 e. The maximum atomic E-state index is 13.2. The first kappa shape index (κ1) is 19.4. The molecule has 0 saturated carbocycles. The van der Waals surface area contributed by atoms with Crippen LogP contribution in [0.25, 0.3) is 11.1 Å². The first-order valence-corrected chi connectivity index (χ1v) is 9.70. The summed E-state index contributed by atoms with van der Waals surface area (Å²) in [4.78, 5) is 11.9. The highest BCUT2D eigenvalue weighted by atomic mass is 35.5. The van der Waals surface area contributed by atoms with Crippen LogP contribution in [-0.2, 0) is 21.3 Å². The van der Waals surface area contributed by atoms with Crippen LogP contribution >= 0.6 is 11.6 Å². The van der Waals surface area contributed by atoms with Gasteiger partial charge in [0.25, 0.3) is 10.0 Å². The highest BCUT2D eigenvalue weighted by Gasteiger charge is 2.20. The van der Waals surface area contributed by atoms with E-state index < -0.39 is 21.6 Å². The maximum absolute atomic E-state index is 13.2. The molecule has 7 nitrogen and oxygen atoms in total. The number of halogens is 2. The summed E-state index contributed by atoms with van der Waals surface area (Å²) in [5.74, 6) is -1.26. The first-order chi connectivity index (χ1) is 12.7. The molecule has 0 fully saturated rings. The fourth-order valence-corrected chi connectivity index (χ4v) is 4.02. The van der Waals surface area contributed by atoms with Crippen molar-refractivity contribution in [3.63, 3.8) is 0 Å². The molecule has 0 bridgehead atoms. The number of ether oxygens (including phenoxy) is 1. The number of methoxy groups -OCH3 is 1. The Kier molecular flexibility index (Phi) is 5.27. The number of fused-ring (bicyclic) bond motifs is 1. The topological polar surface area (TPSA) is 90.5 Å². The summed E-state index contributed by atoms with van der Waals surface area (Å²) in [6, 6.07) is 6.17. The van der Waals surface area contributed by atoms with E-state index in [1.807, 2.05) is 0 Å². The Morgan fingerprint density at radius 2 is 2.04 bits per heavy atom. The van der Waals surface area contributed by atoms with Gasteiger partial charge < -0.3 is 9.15 Å². The van der Waals surface area contributed by atoms with E-state index in [2.05, 4.69) is 4.72 Å². The van der Waals surface area contributed by atoms with Gasteiger partial charge in [-0.05, 0) is 36.8 Å². The summed E-state index contributed by atoms with van der Waals surface area (Å²) in [7, 11) is -2.49. The number of hydrogen-bond donors (Lipinski definition) is 1. The number of benzene rings is 2. The number of hydrogen-bond acceptors (Lipinski definition) is 5. The second-order valence-electron chi connectivity index (χ2n) is 5.83. The Morgan fingerprint density at radius 1 is 1.30 bits per heavy atom. The van der Waals surface area contributed by atoms with Gasteiger partial charge in [-0.1, -0.05) is 11.6 Å². The Labute approximate surface area is 159 Å². The van der Waals surface area contributed by atoms with Crippen molar-refractivity contribution in [3.05, 3.63) is 57.3 Å². The zero-order valence-corrected chi connectivity index (χ0v) is 16.0. The molecule has 144 valence electrons. The van der Waals surface area contributed by atoms with Crippen molar-refractivity contribution in [3.8, 4) is 0 Å². The lowest BCUT2D eigenvalue weighted by molar-refractivity contribution is 0.186. The molecule has 0 radical (unpaired) electrons. The lowest BCUT2D eigenvalue weighted by atomic mass is 10.2. The van der Waals surface area contributed by atoms with Crippen LogP contribution in [0.15, 0.2) is 44.4 Å². The van der Waals surface area contributed by atoms with E-state index >= 15 is 0 Å². The quantitative estimate of drug-likeness (QED) is 0.669. The van der Waals surface area contributed by atoms with Gasteiger partial charge in [-0.15, -0.1) is 0 Å². The van der Waals surface area contributed by atoms with E-state index in [1.165, 1.54) is 35.9 Å². The van der Waals surface area contributed by atoms with Crippen molar-refractivity contribution >= 4 is 38.4 Å². The fraction of sp³-hybridized carbons (Fsp3) is 0.235. The van der Waals surface area contributed by atoms with Crippen molar-refractivity contribution in [1.29, 1.82) is 0 Å². The van der Waals surface area contributed by atoms with E-state index in [4.69, 9.17) is 20.8 Å². The highest BCUT2D eigenvalue weighted by Crippen LogP contribution is 2.26. The van der Waals surface area contributed by atoms with Crippen LogP contribution in [0.4, 0.5) is 10.1 Å². The van der Waals surface area contributed by atoms with Crippen molar-refractivity contribution in [1.82, 2.24) is 4.57 Å². The summed E-state index contributed by atoms with van der Waals surface area (Å²) in [5, 5.41) is -0.206. The average Bonchev–Trinajstić information content (AvgIpc) is 2.92. The Balaban J connectivity index is 2.03. The van der Waals surface area contributed by atoms with Gasteiger partial charge in [-0.2, -0.15) is 0 Å². The number of aromatic nitrogens is 1. The Morgan fingerprint density at radius 3 is 2.70 bits per heavy atom. The third kappa shape index (κ3) is 3.85. The second-order valence-corrected chi connectivity index (χ2v) is 7.92. The minimum Gasteiger partial charge on any atom is -0.408 e. The Bertz CT molecular complexity index is 1170. The molecule has 1 N–H and O–H groups in total. The number of rotatable bonds is 6. The van der Waals surface area contributed by atoms with E-state index in [0.29, 0.717) is 17.7 Å². The molecule has 3 rings (SSSR count). The molecule has 0 aliphatic heterocycles. The smallest absolute Gasteiger partial charge is 0.408 e. The average molecular weight is 415 g/mol. The highest BCUT2D eigenvalue weighted by molar-refractivity contribution is 7.92. The van der Waals surface area contributed by atoms with Crippen LogP contribution in [0, 0.1) is 12.7 Å². The number of anilines is 1. The summed E-state index contributed by atoms with van der Waals surface area (Å²) >= 11 is 5.68. The fourth-order valence-electron chi connectivity index (χ4n) is 2.69. The molecule has 0 saturated heterocycles. The van der Waals surface area contributed by atoms with Crippen molar-refractivity contribution < 1.29 is 22.0 Å². The SMILES string of the molecule is COCCn1c(=O)oc2cc(S(=O)(=O)Nc3ccc(F)c(Cl)c3)cc(C)c21. The summed E-state index contributed by atoms with van der Waals surface area (Å²) in [5.41, 5.74) is 1.31. The zero-order chi connectivity index (χ0) is 19.8. The normalized spacial score (nSPS) is 11.9. The number of sulfonamides is 1. The van der Waals surface area contributed by atoms with Gasteiger partial charge in [-0.3, -0.25) is 9.29 Å². The molecule has 0 spiro atoms. The molecular weight excluding hydrogens is 399 g/mol. The second kappa shape index (κ2) is 7.34. The molecule has 1 heterocycles.